The monoisotopic (exact) mass is 315 g/mol. The zero-order chi connectivity index (χ0) is 12.4. The van der Waals surface area contributed by atoms with Crippen LogP contribution in [0.5, 0.6) is 0 Å². The molecule has 1 aromatic carbocycles. The Morgan fingerprint density at radius 3 is 2.94 bits per heavy atom. The summed E-state index contributed by atoms with van der Waals surface area (Å²) in [6, 6.07) is 4.65. The number of aliphatic hydroxyl groups is 1. The van der Waals surface area contributed by atoms with Crippen molar-refractivity contribution in [2.75, 3.05) is 0 Å². The smallest absolute Gasteiger partial charge is 0.137 e. The summed E-state index contributed by atoms with van der Waals surface area (Å²) in [4.78, 5) is 4.28. The molecule has 0 aliphatic carbocycles. The number of nitrogens with zero attached hydrogens (tertiary/aromatic N) is 1. The number of benzene rings is 1. The quantitative estimate of drug-likeness (QED) is 0.938. The molecular weight excluding hydrogens is 305 g/mol. The number of halogens is 2. The van der Waals surface area contributed by atoms with E-state index >= 15 is 0 Å². The Bertz CT molecular complexity index is 529. The third-order valence-electron chi connectivity index (χ3n) is 2.38. The van der Waals surface area contributed by atoms with Crippen LogP contribution in [0.1, 0.15) is 22.4 Å². The average molecular weight is 316 g/mol. The zero-order valence-corrected chi connectivity index (χ0v) is 11.6. The van der Waals surface area contributed by atoms with E-state index in [-0.39, 0.29) is 5.82 Å². The highest BCUT2D eigenvalue weighted by Gasteiger charge is 2.15. The molecule has 90 valence electrons. The molecule has 0 radical (unpaired) electrons. The van der Waals surface area contributed by atoms with E-state index in [1.54, 1.807) is 12.1 Å². The minimum Gasteiger partial charge on any atom is -0.388 e. The van der Waals surface area contributed by atoms with Crippen molar-refractivity contribution in [1.82, 2.24) is 4.98 Å². The van der Waals surface area contributed by atoms with Crippen LogP contribution in [0.4, 0.5) is 4.39 Å². The molecule has 5 heteroatoms. The lowest BCUT2D eigenvalue weighted by molar-refractivity contribution is 0.177. The topological polar surface area (TPSA) is 33.1 Å². The van der Waals surface area contributed by atoms with Crippen LogP contribution in [0.2, 0.25) is 0 Å². The Kier molecular flexibility index (Phi) is 3.91. The van der Waals surface area contributed by atoms with Crippen LogP contribution in [-0.4, -0.2) is 10.1 Å². The molecule has 2 nitrogen and oxygen atoms in total. The molecule has 1 unspecified atom stereocenters. The second-order valence-electron chi connectivity index (χ2n) is 3.75. The Morgan fingerprint density at radius 1 is 1.53 bits per heavy atom. The summed E-state index contributed by atoms with van der Waals surface area (Å²) in [6.45, 7) is 1.91. The van der Waals surface area contributed by atoms with Crippen molar-refractivity contribution in [2.24, 2.45) is 0 Å². The number of aliphatic hydroxyl groups excluding tert-OH is 1. The van der Waals surface area contributed by atoms with E-state index in [0.717, 1.165) is 10.7 Å². The summed E-state index contributed by atoms with van der Waals surface area (Å²) in [5.74, 6) is -0.364. The summed E-state index contributed by atoms with van der Waals surface area (Å²) in [5.41, 5.74) is 1.49. The molecule has 17 heavy (non-hydrogen) atoms. The van der Waals surface area contributed by atoms with Gasteiger partial charge in [-0.1, -0.05) is 12.1 Å². The normalized spacial score (nSPS) is 12.7. The molecule has 1 aromatic heterocycles. The van der Waals surface area contributed by atoms with Gasteiger partial charge >= 0.3 is 0 Å². The van der Waals surface area contributed by atoms with Crippen molar-refractivity contribution < 1.29 is 9.50 Å². The molecule has 0 aliphatic heterocycles. The first kappa shape index (κ1) is 12.7. The number of thiazole rings is 1. The molecule has 2 aromatic rings. The van der Waals surface area contributed by atoms with E-state index in [0.29, 0.717) is 16.5 Å². The van der Waals surface area contributed by atoms with E-state index in [1.807, 2.05) is 12.3 Å². The Labute approximate surface area is 111 Å². The standard InChI is InChI=1S/C12H11BrFNOS/c1-7-6-17-11(15-7)5-10(16)8-3-2-4-9(14)12(8)13/h2-4,6,10,16H,5H2,1H3. The number of hydrogen-bond donors (Lipinski definition) is 1. The lowest BCUT2D eigenvalue weighted by atomic mass is 10.1. The fourth-order valence-electron chi connectivity index (χ4n) is 1.55. The van der Waals surface area contributed by atoms with Gasteiger partial charge in [0.1, 0.15) is 5.82 Å². The maximum absolute atomic E-state index is 13.3. The highest BCUT2D eigenvalue weighted by Crippen LogP contribution is 2.28. The van der Waals surface area contributed by atoms with Crippen molar-refractivity contribution in [2.45, 2.75) is 19.4 Å². The molecule has 1 heterocycles. The second-order valence-corrected chi connectivity index (χ2v) is 5.48. The predicted octanol–water partition coefficient (Wildman–Crippen LogP) is 3.63. The first-order chi connectivity index (χ1) is 8.08. The largest absolute Gasteiger partial charge is 0.388 e. The third-order valence-corrected chi connectivity index (χ3v) is 4.20. The van der Waals surface area contributed by atoms with Crippen LogP contribution in [0.15, 0.2) is 28.1 Å². The molecule has 0 amide bonds. The van der Waals surface area contributed by atoms with Crippen LogP contribution in [0.25, 0.3) is 0 Å². The molecule has 2 rings (SSSR count). The Morgan fingerprint density at radius 2 is 2.29 bits per heavy atom. The highest BCUT2D eigenvalue weighted by atomic mass is 79.9. The summed E-state index contributed by atoms with van der Waals surface area (Å²) >= 11 is 4.65. The van der Waals surface area contributed by atoms with Gasteiger partial charge in [0.05, 0.1) is 15.6 Å². The van der Waals surface area contributed by atoms with Gasteiger partial charge in [-0.15, -0.1) is 11.3 Å². The predicted molar refractivity (Wildman–Crippen MR) is 69.6 cm³/mol. The number of aromatic nitrogens is 1. The second kappa shape index (κ2) is 5.25. The van der Waals surface area contributed by atoms with Crippen LogP contribution < -0.4 is 0 Å². The van der Waals surface area contributed by atoms with Gasteiger partial charge in [-0.2, -0.15) is 0 Å². The van der Waals surface area contributed by atoms with E-state index in [4.69, 9.17) is 0 Å². The lowest BCUT2D eigenvalue weighted by Crippen LogP contribution is -2.03. The molecule has 0 bridgehead atoms. The number of rotatable bonds is 3. The first-order valence-corrected chi connectivity index (χ1v) is 6.78. The van der Waals surface area contributed by atoms with Gasteiger partial charge in [0, 0.05) is 17.5 Å². The molecule has 0 spiro atoms. The fourth-order valence-corrected chi connectivity index (χ4v) is 2.89. The highest BCUT2D eigenvalue weighted by molar-refractivity contribution is 9.10. The molecule has 0 fully saturated rings. The molecule has 1 N–H and O–H groups in total. The van der Waals surface area contributed by atoms with Crippen molar-refractivity contribution in [3.8, 4) is 0 Å². The summed E-state index contributed by atoms with van der Waals surface area (Å²) in [5, 5.41) is 12.8. The number of hydrogen-bond acceptors (Lipinski definition) is 3. The van der Waals surface area contributed by atoms with Gasteiger partial charge in [0.2, 0.25) is 0 Å². The zero-order valence-electron chi connectivity index (χ0n) is 9.15. The SMILES string of the molecule is Cc1csc(CC(O)c2cccc(F)c2Br)n1. The molecule has 0 saturated heterocycles. The molecule has 0 saturated carbocycles. The van der Waals surface area contributed by atoms with Crippen molar-refractivity contribution in [3.63, 3.8) is 0 Å². The summed E-state index contributed by atoms with van der Waals surface area (Å²) in [7, 11) is 0. The first-order valence-electron chi connectivity index (χ1n) is 5.11. The number of aryl methyl sites for hydroxylation is 1. The minimum atomic E-state index is -0.745. The molecule has 1 atom stereocenters. The van der Waals surface area contributed by atoms with Crippen LogP contribution in [0, 0.1) is 12.7 Å². The third kappa shape index (κ3) is 2.91. The van der Waals surface area contributed by atoms with Crippen LogP contribution >= 0.6 is 27.3 Å². The van der Waals surface area contributed by atoms with Gasteiger partial charge in [-0.3, -0.25) is 0 Å². The fraction of sp³-hybridized carbons (Fsp3) is 0.250. The van der Waals surface area contributed by atoms with E-state index in [9.17, 15) is 9.50 Å². The van der Waals surface area contributed by atoms with Crippen molar-refractivity contribution in [3.05, 3.63) is 50.1 Å². The lowest BCUT2D eigenvalue weighted by Gasteiger charge is -2.11. The Balaban J connectivity index is 2.20. The van der Waals surface area contributed by atoms with Gasteiger partial charge in [-0.05, 0) is 34.5 Å². The van der Waals surface area contributed by atoms with E-state index in [2.05, 4.69) is 20.9 Å². The van der Waals surface area contributed by atoms with Gasteiger partial charge in [0.15, 0.2) is 0 Å². The van der Waals surface area contributed by atoms with E-state index in [1.165, 1.54) is 17.4 Å². The van der Waals surface area contributed by atoms with Crippen molar-refractivity contribution in [1.29, 1.82) is 0 Å². The van der Waals surface area contributed by atoms with Crippen LogP contribution in [0.3, 0.4) is 0 Å². The van der Waals surface area contributed by atoms with Gasteiger partial charge in [-0.25, -0.2) is 9.37 Å². The van der Waals surface area contributed by atoms with E-state index < -0.39 is 6.10 Å². The maximum atomic E-state index is 13.3. The Hall–Kier alpha value is -0.780. The molecular formula is C12H11BrFNOS. The summed E-state index contributed by atoms with van der Waals surface area (Å²) < 4.78 is 13.6. The van der Waals surface area contributed by atoms with Gasteiger partial charge in [0.25, 0.3) is 0 Å². The maximum Gasteiger partial charge on any atom is 0.137 e. The average Bonchev–Trinajstić information content (AvgIpc) is 2.68. The van der Waals surface area contributed by atoms with Crippen LogP contribution in [-0.2, 0) is 6.42 Å². The minimum absolute atomic E-state index is 0.320. The van der Waals surface area contributed by atoms with Gasteiger partial charge < -0.3 is 5.11 Å². The van der Waals surface area contributed by atoms with Crippen molar-refractivity contribution >= 4 is 27.3 Å². The molecule has 0 aliphatic rings. The summed E-state index contributed by atoms with van der Waals surface area (Å²) in [6.07, 6.45) is -0.341.